The predicted octanol–water partition coefficient (Wildman–Crippen LogP) is 1.67. The van der Waals surface area contributed by atoms with Crippen molar-refractivity contribution in [3.8, 4) is 0 Å². The molecule has 0 bridgehead atoms. The second-order valence-corrected chi connectivity index (χ2v) is 5.25. The van der Waals surface area contributed by atoms with E-state index >= 15 is 0 Å². The van der Waals surface area contributed by atoms with Gasteiger partial charge < -0.3 is 11.1 Å². The van der Waals surface area contributed by atoms with Crippen LogP contribution in [0.1, 0.15) is 46.0 Å². The molecular formula is C12H24N2O. The summed E-state index contributed by atoms with van der Waals surface area (Å²) < 4.78 is 0. The molecule has 0 aromatic rings. The van der Waals surface area contributed by atoms with Gasteiger partial charge >= 0.3 is 0 Å². The summed E-state index contributed by atoms with van der Waals surface area (Å²) in [5, 5.41) is 3.31. The quantitative estimate of drug-likeness (QED) is 0.744. The summed E-state index contributed by atoms with van der Waals surface area (Å²) >= 11 is 0. The Bertz CT molecular complexity index is 218. The molecule has 1 aliphatic rings. The van der Waals surface area contributed by atoms with Gasteiger partial charge in [-0.1, -0.05) is 13.8 Å². The number of nitrogens with two attached hydrogens (primary N) is 1. The standard InChI is InChI=1S/C12H24N2O/c1-9(2)10-4-6-12(14-3,7-5-10)8-11(13)15/h9-10,14H,4-8H2,1-3H3,(H2,13,15). The lowest BCUT2D eigenvalue weighted by Crippen LogP contribution is -2.49. The van der Waals surface area contributed by atoms with Gasteiger partial charge in [-0.3, -0.25) is 4.79 Å². The highest BCUT2D eigenvalue weighted by molar-refractivity contribution is 5.75. The Morgan fingerprint density at radius 3 is 2.33 bits per heavy atom. The number of rotatable bonds is 4. The van der Waals surface area contributed by atoms with E-state index in [-0.39, 0.29) is 11.4 Å². The van der Waals surface area contributed by atoms with Gasteiger partial charge in [0.05, 0.1) is 0 Å². The number of hydrogen-bond acceptors (Lipinski definition) is 2. The van der Waals surface area contributed by atoms with Crippen molar-refractivity contribution in [1.29, 1.82) is 0 Å². The molecule has 0 aromatic carbocycles. The molecular weight excluding hydrogens is 188 g/mol. The molecule has 0 radical (unpaired) electrons. The van der Waals surface area contributed by atoms with Crippen LogP contribution in [0.15, 0.2) is 0 Å². The largest absolute Gasteiger partial charge is 0.370 e. The van der Waals surface area contributed by atoms with Crippen LogP contribution in [0.2, 0.25) is 0 Å². The number of hydrogen-bond donors (Lipinski definition) is 2. The van der Waals surface area contributed by atoms with Crippen LogP contribution in [-0.4, -0.2) is 18.5 Å². The fourth-order valence-corrected chi connectivity index (χ4v) is 2.71. The molecule has 15 heavy (non-hydrogen) atoms. The van der Waals surface area contributed by atoms with Crippen molar-refractivity contribution < 1.29 is 4.79 Å². The molecule has 3 nitrogen and oxygen atoms in total. The maximum Gasteiger partial charge on any atom is 0.219 e. The van der Waals surface area contributed by atoms with E-state index in [1.54, 1.807) is 0 Å². The number of primary amides is 1. The molecule has 1 fully saturated rings. The van der Waals surface area contributed by atoms with E-state index in [9.17, 15) is 4.79 Å². The lowest BCUT2D eigenvalue weighted by Gasteiger charge is -2.40. The first kappa shape index (κ1) is 12.5. The van der Waals surface area contributed by atoms with Gasteiger partial charge in [-0.05, 0) is 44.6 Å². The van der Waals surface area contributed by atoms with Gasteiger partial charge in [-0.15, -0.1) is 0 Å². The molecule has 0 atom stereocenters. The van der Waals surface area contributed by atoms with Crippen LogP contribution in [0.3, 0.4) is 0 Å². The zero-order valence-corrected chi connectivity index (χ0v) is 10.2. The second kappa shape index (κ2) is 4.97. The van der Waals surface area contributed by atoms with E-state index < -0.39 is 0 Å². The summed E-state index contributed by atoms with van der Waals surface area (Å²) in [5.74, 6) is 1.39. The van der Waals surface area contributed by atoms with Gasteiger partial charge in [0.1, 0.15) is 0 Å². The first-order chi connectivity index (χ1) is 6.99. The smallest absolute Gasteiger partial charge is 0.219 e. The number of carbonyl (C=O) groups excluding carboxylic acids is 1. The van der Waals surface area contributed by atoms with E-state index in [2.05, 4.69) is 19.2 Å². The molecule has 0 aromatic heterocycles. The topological polar surface area (TPSA) is 55.1 Å². The van der Waals surface area contributed by atoms with Crippen molar-refractivity contribution in [3.63, 3.8) is 0 Å². The molecule has 1 rings (SSSR count). The van der Waals surface area contributed by atoms with Crippen LogP contribution in [0, 0.1) is 11.8 Å². The molecule has 0 spiro atoms. The number of nitrogens with one attached hydrogen (secondary N) is 1. The molecule has 3 heteroatoms. The molecule has 0 aliphatic heterocycles. The Morgan fingerprint density at radius 2 is 2.00 bits per heavy atom. The summed E-state index contributed by atoms with van der Waals surface area (Å²) in [5.41, 5.74) is 5.28. The molecule has 88 valence electrons. The van der Waals surface area contributed by atoms with Crippen molar-refractivity contribution in [2.45, 2.75) is 51.5 Å². The summed E-state index contributed by atoms with van der Waals surface area (Å²) in [7, 11) is 1.94. The normalized spacial score (nSPS) is 31.9. The lowest BCUT2D eigenvalue weighted by atomic mass is 9.71. The second-order valence-electron chi connectivity index (χ2n) is 5.25. The molecule has 1 saturated carbocycles. The van der Waals surface area contributed by atoms with Gasteiger partial charge in [0.2, 0.25) is 5.91 Å². The summed E-state index contributed by atoms with van der Waals surface area (Å²) in [6.45, 7) is 4.57. The zero-order chi connectivity index (χ0) is 11.5. The van der Waals surface area contributed by atoms with E-state index in [0.29, 0.717) is 6.42 Å². The Balaban J connectivity index is 2.54. The third-order valence-corrected chi connectivity index (χ3v) is 3.97. The van der Waals surface area contributed by atoms with E-state index in [4.69, 9.17) is 5.73 Å². The fourth-order valence-electron chi connectivity index (χ4n) is 2.71. The van der Waals surface area contributed by atoms with Crippen LogP contribution >= 0.6 is 0 Å². The maximum atomic E-state index is 11.0. The first-order valence-corrected chi connectivity index (χ1v) is 5.96. The molecule has 3 N–H and O–H groups in total. The third kappa shape index (κ3) is 3.20. The van der Waals surface area contributed by atoms with Crippen molar-refractivity contribution in [2.24, 2.45) is 17.6 Å². The van der Waals surface area contributed by atoms with Gasteiger partial charge in [-0.25, -0.2) is 0 Å². The van der Waals surface area contributed by atoms with Gasteiger partial charge in [0.15, 0.2) is 0 Å². The van der Waals surface area contributed by atoms with Crippen molar-refractivity contribution >= 4 is 5.91 Å². The molecule has 1 amide bonds. The minimum absolute atomic E-state index is 0.0166. The molecule has 1 aliphatic carbocycles. The Hall–Kier alpha value is -0.570. The summed E-state index contributed by atoms with van der Waals surface area (Å²) in [4.78, 5) is 11.0. The average Bonchev–Trinajstić information content (AvgIpc) is 2.17. The first-order valence-electron chi connectivity index (χ1n) is 5.96. The number of amides is 1. The van der Waals surface area contributed by atoms with Gasteiger partial charge in [0.25, 0.3) is 0 Å². The van der Waals surface area contributed by atoms with Crippen molar-refractivity contribution in [3.05, 3.63) is 0 Å². The Labute approximate surface area is 92.8 Å². The maximum absolute atomic E-state index is 11.0. The van der Waals surface area contributed by atoms with Crippen LogP contribution in [0.25, 0.3) is 0 Å². The fraction of sp³-hybridized carbons (Fsp3) is 0.917. The van der Waals surface area contributed by atoms with Gasteiger partial charge in [-0.2, -0.15) is 0 Å². The van der Waals surface area contributed by atoms with Crippen molar-refractivity contribution in [1.82, 2.24) is 5.32 Å². The summed E-state index contributed by atoms with van der Waals surface area (Å²) in [6, 6.07) is 0. The zero-order valence-electron chi connectivity index (χ0n) is 10.2. The average molecular weight is 212 g/mol. The van der Waals surface area contributed by atoms with Gasteiger partial charge in [0, 0.05) is 12.0 Å². The highest BCUT2D eigenvalue weighted by atomic mass is 16.1. The van der Waals surface area contributed by atoms with E-state index in [1.165, 1.54) is 12.8 Å². The highest BCUT2D eigenvalue weighted by Crippen LogP contribution is 2.37. The molecule has 0 heterocycles. The third-order valence-electron chi connectivity index (χ3n) is 3.97. The molecule has 0 unspecified atom stereocenters. The minimum Gasteiger partial charge on any atom is -0.370 e. The lowest BCUT2D eigenvalue weighted by molar-refractivity contribution is -0.119. The highest BCUT2D eigenvalue weighted by Gasteiger charge is 2.35. The Morgan fingerprint density at radius 1 is 1.47 bits per heavy atom. The van der Waals surface area contributed by atoms with Crippen LogP contribution in [0.5, 0.6) is 0 Å². The molecule has 0 saturated heterocycles. The van der Waals surface area contributed by atoms with Crippen LogP contribution < -0.4 is 11.1 Å². The van der Waals surface area contributed by atoms with E-state index in [1.807, 2.05) is 7.05 Å². The van der Waals surface area contributed by atoms with Crippen molar-refractivity contribution in [2.75, 3.05) is 7.05 Å². The number of carbonyl (C=O) groups is 1. The van der Waals surface area contributed by atoms with Crippen LogP contribution in [0.4, 0.5) is 0 Å². The summed E-state index contributed by atoms with van der Waals surface area (Å²) in [6.07, 6.45) is 5.07. The SMILES string of the molecule is CNC1(CC(N)=O)CCC(C(C)C)CC1. The van der Waals surface area contributed by atoms with Crippen LogP contribution in [-0.2, 0) is 4.79 Å². The Kier molecular flexibility index (Phi) is 4.14. The van der Waals surface area contributed by atoms with E-state index in [0.717, 1.165) is 24.7 Å². The minimum atomic E-state index is -0.188. The monoisotopic (exact) mass is 212 g/mol. The predicted molar refractivity (Wildman–Crippen MR) is 62.4 cm³/mol.